The molecular formula is C12H8BCl2O2. The Kier molecular flexibility index (Phi) is 3.95. The molecule has 0 saturated heterocycles. The van der Waals surface area contributed by atoms with Crippen LogP contribution < -0.4 is 10.2 Å². The van der Waals surface area contributed by atoms with Crippen LogP contribution in [-0.2, 0) is 0 Å². The van der Waals surface area contributed by atoms with E-state index in [1.807, 2.05) is 0 Å². The summed E-state index contributed by atoms with van der Waals surface area (Å²) in [5.74, 6) is 1.27. The summed E-state index contributed by atoms with van der Waals surface area (Å²) >= 11 is 11.7. The van der Waals surface area contributed by atoms with Gasteiger partial charge in [-0.05, 0) is 24.3 Å². The van der Waals surface area contributed by atoms with E-state index in [0.29, 0.717) is 27.0 Å². The first-order chi connectivity index (χ1) is 8.19. The Bertz CT molecular complexity index is 514. The molecule has 2 aromatic carbocycles. The van der Waals surface area contributed by atoms with Gasteiger partial charge in [-0.15, -0.1) is 0 Å². The summed E-state index contributed by atoms with van der Waals surface area (Å²) in [6.07, 6.45) is 0. The number of hydrogen-bond acceptors (Lipinski definition) is 2. The minimum Gasteiger partial charge on any atom is -0.457 e. The molecular weight excluding hydrogens is 258 g/mol. The summed E-state index contributed by atoms with van der Waals surface area (Å²) in [5, 5.41) is 9.73. The molecule has 17 heavy (non-hydrogen) atoms. The highest BCUT2D eigenvalue weighted by Gasteiger charge is 2.02. The molecule has 2 rings (SSSR count). The predicted octanol–water partition coefficient (Wildman–Crippen LogP) is 3.02. The summed E-state index contributed by atoms with van der Waals surface area (Å²) in [4.78, 5) is 0. The van der Waals surface area contributed by atoms with E-state index < -0.39 is 0 Å². The van der Waals surface area contributed by atoms with Gasteiger partial charge >= 0.3 is 7.48 Å². The molecule has 85 valence electrons. The Morgan fingerprint density at radius 2 is 1.53 bits per heavy atom. The standard InChI is InChI=1S/C12H8BCl2O2/c14-11-6-5-10(7-12(11)15)17-9-3-1-8(13-16)2-4-9/h1-7,16H. The van der Waals surface area contributed by atoms with Crippen LogP contribution in [0.4, 0.5) is 0 Å². The van der Waals surface area contributed by atoms with E-state index in [-0.39, 0.29) is 0 Å². The Hall–Kier alpha value is -1.16. The van der Waals surface area contributed by atoms with Crippen LogP contribution in [-0.4, -0.2) is 12.5 Å². The van der Waals surface area contributed by atoms with E-state index in [0.717, 1.165) is 7.48 Å². The smallest absolute Gasteiger partial charge is 0.326 e. The zero-order valence-electron chi connectivity index (χ0n) is 8.73. The van der Waals surface area contributed by atoms with Crippen molar-refractivity contribution in [3.8, 4) is 11.5 Å². The van der Waals surface area contributed by atoms with Crippen molar-refractivity contribution in [2.45, 2.75) is 0 Å². The molecule has 0 aliphatic rings. The molecule has 2 nitrogen and oxygen atoms in total. The topological polar surface area (TPSA) is 29.5 Å². The molecule has 5 heteroatoms. The van der Waals surface area contributed by atoms with Gasteiger partial charge in [0.2, 0.25) is 0 Å². The van der Waals surface area contributed by atoms with Crippen LogP contribution in [0.5, 0.6) is 11.5 Å². The average Bonchev–Trinajstić information content (AvgIpc) is 2.35. The van der Waals surface area contributed by atoms with Crippen molar-refractivity contribution in [2.75, 3.05) is 0 Å². The molecule has 0 fully saturated rings. The largest absolute Gasteiger partial charge is 0.457 e. The van der Waals surface area contributed by atoms with Crippen molar-refractivity contribution in [1.82, 2.24) is 0 Å². The monoisotopic (exact) mass is 265 g/mol. The van der Waals surface area contributed by atoms with E-state index in [1.165, 1.54) is 0 Å². The maximum Gasteiger partial charge on any atom is 0.326 e. The third kappa shape index (κ3) is 3.16. The third-order valence-corrected chi connectivity index (χ3v) is 2.89. The summed E-state index contributed by atoms with van der Waals surface area (Å²) in [5.41, 5.74) is 0.714. The van der Waals surface area contributed by atoms with Crippen LogP contribution in [0.3, 0.4) is 0 Å². The molecule has 1 radical (unpaired) electrons. The Morgan fingerprint density at radius 3 is 2.12 bits per heavy atom. The van der Waals surface area contributed by atoms with Crippen molar-refractivity contribution >= 4 is 36.1 Å². The molecule has 0 aliphatic heterocycles. The number of rotatable bonds is 3. The molecule has 0 amide bonds. The third-order valence-electron chi connectivity index (χ3n) is 2.16. The van der Waals surface area contributed by atoms with Crippen LogP contribution in [0.2, 0.25) is 10.0 Å². The van der Waals surface area contributed by atoms with E-state index in [1.54, 1.807) is 42.5 Å². The number of hydrogen-bond donors (Lipinski definition) is 1. The Morgan fingerprint density at radius 1 is 0.882 bits per heavy atom. The fourth-order valence-electron chi connectivity index (χ4n) is 1.30. The fraction of sp³-hybridized carbons (Fsp3) is 0. The zero-order chi connectivity index (χ0) is 12.3. The van der Waals surface area contributed by atoms with Gasteiger partial charge < -0.3 is 9.76 Å². The molecule has 0 heterocycles. The minimum absolute atomic E-state index is 0.449. The van der Waals surface area contributed by atoms with Gasteiger partial charge in [0.25, 0.3) is 0 Å². The molecule has 0 atom stereocenters. The van der Waals surface area contributed by atoms with Gasteiger partial charge in [0.1, 0.15) is 11.5 Å². The van der Waals surface area contributed by atoms with Crippen molar-refractivity contribution in [3.63, 3.8) is 0 Å². The van der Waals surface area contributed by atoms with Crippen molar-refractivity contribution in [3.05, 3.63) is 52.5 Å². The Labute approximate surface area is 110 Å². The van der Waals surface area contributed by atoms with Crippen LogP contribution in [0.25, 0.3) is 0 Å². The lowest BCUT2D eigenvalue weighted by Gasteiger charge is -2.06. The highest BCUT2D eigenvalue weighted by molar-refractivity contribution is 6.45. The highest BCUT2D eigenvalue weighted by atomic mass is 35.5. The fourth-order valence-corrected chi connectivity index (χ4v) is 1.59. The molecule has 0 bridgehead atoms. The molecule has 1 N–H and O–H groups in total. The van der Waals surface area contributed by atoms with Gasteiger partial charge in [0.05, 0.1) is 10.0 Å². The van der Waals surface area contributed by atoms with Gasteiger partial charge in [-0.1, -0.05) is 40.8 Å². The first-order valence-electron chi connectivity index (χ1n) is 4.89. The second-order valence-corrected chi connectivity index (χ2v) is 4.19. The van der Waals surface area contributed by atoms with Crippen LogP contribution in [0, 0.1) is 0 Å². The van der Waals surface area contributed by atoms with Crippen molar-refractivity contribution in [2.24, 2.45) is 0 Å². The minimum atomic E-state index is 0.449. The van der Waals surface area contributed by atoms with Gasteiger partial charge in [-0.3, -0.25) is 0 Å². The lowest BCUT2D eigenvalue weighted by atomic mass is 9.89. The van der Waals surface area contributed by atoms with E-state index in [9.17, 15) is 0 Å². The quantitative estimate of drug-likeness (QED) is 0.865. The van der Waals surface area contributed by atoms with Crippen molar-refractivity contribution < 1.29 is 9.76 Å². The van der Waals surface area contributed by atoms with Gasteiger partial charge in [0.15, 0.2) is 0 Å². The van der Waals surface area contributed by atoms with E-state index >= 15 is 0 Å². The molecule has 0 unspecified atom stereocenters. The Balaban J connectivity index is 2.16. The first kappa shape index (κ1) is 12.3. The predicted molar refractivity (Wildman–Crippen MR) is 70.6 cm³/mol. The maximum atomic E-state index is 8.79. The number of halogens is 2. The summed E-state index contributed by atoms with van der Waals surface area (Å²) in [7, 11) is 1.03. The lowest BCUT2D eigenvalue weighted by molar-refractivity contribution is 0.483. The zero-order valence-corrected chi connectivity index (χ0v) is 10.2. The van der Waals surface area contributed by atoms with E-state index in [4.69, 9.17) is 33.0 Å². The molecule has 0 aromatic heterocycles. The second-order valence-electron chi connectivity index (χ2n) is 3.38. The molecule has 0 aliphatic carbocycles. The molecule has 2 aromatic rings. The SMILES string of the molecule is O[B]c1ccc(Oc2ccc(Cl)c(Cl)c2)cc1. The lowest BCUT2D eigenvalue weighted by Crippen LogP contribution is -2.11. The van der Waals surface area contributed by atoms with Gasteiger partial charge in [-0.2, -0.15) is 0 Å². The van der Waals surface area contributed by atoms with Crippen molar-refractivity contribution in [1.29, 1.82) is 0 Å². The summed E-state index contributed by atoms with van der Waals surface area (Å²) in [6.45, 7) is 0. The maximum absolute atomic E-state index is 8.79. The van der Waals surface area contributed by atoms with Crippen LogP contribution in [0.1, 0.15) is 0 Å². The van der Waals surface area contributed by atoms with Gasteiger partial charge in [0, 0.05) is 6.07 Å². The molecule has 0 saturated carbocycles. The second kappa shape index (κ2) is 5.45. The highest BCUT2D eigenvalue weighted by Crippen LogP contribution is 2.28. The number of benzene rings is 2. The van der Waals surface area contributed by atoms with Crippen LogP contribution in [0.15, 0.2) is 42.5 Å². The van der Waals surface area contributed by atoms with E-state index in [2.05, 4.69) is 0 Å². The van der Waals surface area contributed by atoms with Crippen LogP contribution >= 0.6 is 23.2 Å². The first-order valence-corrected chi connectivity index (χ1v) is 5.65. The summed E-state index contributed by atoms with van der Waals surface area (Å²) in [6, 6.07) is 12.1. The average molecular weight is 266 g/mol. The normalized spacial score (nSPS) is 10.1. The molecule has 0 spiro atoms. The number of ether oxygens (including phenoxy) is 1. The summed E-state index contributed by atoms with van der Waals surface area (Å²) < 4.78 is 5.58. The van der Waals surface area contributed by atoms with Gasteiger partial charge in [-0.25, -0.2) is 0 Å².